The first kappa shape index (κ1) is 20.4. The van der Waals surface area contributed by atoms with Crippen LogP contribution in [0.1, 0.15) is 64.4 Å². The zero-order valence-corrected chi connectivity index (χ0v) is 16.0. The van der Waals surface area contributed by atoms with Crippen molar-refractivity contribution < 1.29 is 19.4 Å². The fourth-order valence-corrected chi connectivity index (χ4v) is 3.44. The average Bonchev–Trinajstić information content (AvgIpc) is 2.60. The van der Waals surface area contributed by atoms with E-state index in [2.05, 4.69) is 17.4 Å². The third-order valence-corrected chi connectivity index (χ3v) is 4.93. The molecular weight excluding hydrogens is 330 g/mol. The van der Waals surface area contributed by atoms with Crippen molar-refractivity contribution >= 4 is 11.9 Å². The Morgan fingerprint density at radius 1 is 1.15 bits per heavy atom. The van der Waals surface area contributed by atoms with E-state index < -0.39 is 12.0 Å². The van der Waals surface area contributed by atoms with Crippen LogP contribution in [0.2, 0.25) is 0 Å². The van der Waals surface area contributed by atoms with E-state index in [-0.39, 0.29) is 23.8 Å². The number of amides is 1. The van der Waals surface area contributed by atoms with Gasteiger partial charge in [0.05, 0.1) is 5.60 Å². The maximum absolute atomic E-state index is 12.5. The molecule has 1 unspecified atom stereocenters. The maximum Gasteiger partial charge on any atom is 0.326 e. The third kappa shape index (κ3) is 6.45. The number of carboxylic acids is 1. The van der Waals surface area contributed by atoms with E-state index in [9.17, 15) is 14.7 Å². The smallest absolute Gasteiger partial charge is 0.326 e. The third-order valence-electron chi connectivity index (χ3n) is 4.93. The molecule has 1 amide bonds. The van der Waals surface area contributed by atoms with Gasteiger partial charge >= 0.3 is 5.97 Å². The number of carbonyl (C=O) groups is 2. The van der Waals surface area contributed by atoms with Gasteiger partial charge < -0.3 is 15.2 Å². The van der Waals surface area contributed by atoms with Crippen LogP contribution in [0.5, 0.6) is 0 Å². The SMILES string of the molecule is CC(C)(C)OCCC(NC(=O)C1CCC(c2ccccc2)CC1)C(=O)O. The second-order valence-corrected chi connectivity index (χ2v) is 8.11. The van der Waals surface area contributed by atoms with Crippen molar-refractivity contribution in [2.75, 3.05) is 6.61 Å². The lowest BCUT2D eigenvalue weighted by Gasteiger charge is -2.29. The molecule has 1 atom stereocenters. The minimum absolute atomic E-state index is 0.0969. The van der Waals surface area contributed by atoms with Gasteiger partial charge in [-0.1, -0.05) is 30.3 Å². The second-order valence-electron chi connectivity index (χ2n) is 8.11. The average molecular weight is 361 g/mol. The fourth-order valence-electron chi connectivity index (χ4n) is 3.44. The summed E-state index contributed by atoms with van der Waals surface area (Å²) in [5, 5.41) is 12.1. The van der Waals surface area contributed by atoms with E-state index in [1.54, 1.807) is 0 Å². The standard InChI is InChI=1S/C21H31NO4/c1-21(2,3)26-14-13-18(20(24)25)22-19(23)17-11-9-16(10-12-17)15-7-5-4-6-8-15/h4-8,16-18H,9-14H2,1-3H3,(H,22,23)(H,24,25). The molecule has 0 bridgehead atoms. The predicted octanol–water partition coefficient (Wildman–Crippen LogP) is 3.74. The van der Waals surface area contributed by atoms with Crippen LogP contribution in [0.4, 0.5) is 0 Å². The van der Waals surface area contributed by atoms with Crippen LogP contribution in [-0.2, 0) is 14.3 Å². The first-order valence-corrected chi connectivity index (χ1v) is 9.48. The minimum Gasteiger partial charge on any atom is -0.480 e. The van der Waals surface area contributed by atoms with Crippen LogP contribution >= 0.6 is 0 Å². The lowest BCUT2D eigenvalue weighted by Crippen LogP contribution is -2.45. The summed E-state index contributed by atoms with van der Waals surface area (Å²) in [5.41, 5.74) is 1.01. The molecule has 1 saturated carbocycles. The number of aliphatic carboxylic acids is 1. The number of hydrogen-bond acceptors (Lipinski definition) is 3. The van der Waals surface area contributed by atoms with Crippen molar-refractivity contribution in [2.24, 2.45) is 5.92 Å². The van der Waals surface area contributed by atoms with Gasteiger partial charge in [-0.15, -0.1) is 0 Å². The first-order chi connectivity index (χ1) is 12.3. The van der Waals surface area contributed by atoms with E-state index in [0.717, 1.165) is 25.7 Å². The van der Waals surface area contributed by atoms with E-state index in [0.29, 0.717) is 12.5 Å². The maximum atomic E-state index is 12.5. The van der Waals surface area contributed by atoms with E-state index in [1.165, 1.54) is 5.56 Å². The number of rotatable bonds is 7. The highest BCUT2D eigenvalue weighted by molar-refractivity contribution is 5.85. The molecule has 1 fully saturated rings. The van der Waals surface area contributed by atoms with Gasteiger partial charge in [-0.25, -0.2) is 4.79 Å². The highest BCUT2D eigenvalue weighted by Crippen LogP contribution is 2.35. The molecule has 1 aliphatic rings. The van der Waals surface area contributed by atoms with Gasteiger partial charge in [0.2, 0.25) is 5.91 Å². The Morgan fingerprint density at radius 2 is 1.77 bits per heavy atom. The predicted molar refractivity (Wildman–Crippen MR) is 101 cm³/mol. The molecule has 144 valence electrons. The Bertz CT molecular complexity index is 586. The summed E-state index contributed by atoms with van der Waals surface area (Å²) in [6.07, 6.45) is 3.81. The largest absolute Gasteiger partial charge is 0.480 e. The molecule has 0 aromatic heterocycles. The summed E-state index contributed by atoms with van der Waals surface area (Å²) in [6, 6.07) is 9.49. The van der Waals surface area contributed by atoms with Crippen molar-refractivity contribution in [2.45, 2.75) is 70.4 Å². The second kappa shape index (κ2) is 9.17. The zero-order chi connectivity index (χ0) is 19.2. The summed E-state index contributed by atoms with van der Waals surface area (Å²) >= 11 is 0. The Kier molecular flexibility index (Phi) is 7.21. The molecule has 0 saturated heterocycles. The quantitative estimate of drug-likeness (QED) is 0.776. The normalized spacial score (nSPS) is 21.8. The summed E-state index contributed by atoms with van der Waals surface area (Å²) < 4.78 is 5.59. The van der Waals surface area contributed by atoms with Gasteiger partial charge in [-0.2, -0.15) is 0 Å². The Morgan fingerprint density at radius 3 is 2.31 bits per heavy atom. The fraction of sp³-hybridized carbons (Fsp3) is 0.619. The van der Waals surface area contributed by atoms with Gasteiger partial charge in [0, 0.05) is 18.9 Å². The van der Waals surface area contributed by atoms with Gasteiger partial charge in [-0.05, 0) is 57.9 Å². The molecule has 2 N–H and O–H groups in total. The molecule has 5 nitrogen and oxygen atoms in total. The lowest BCUT2D eigenvalue weighted by atomic mass is 9.78. The topological polar surface area (TPSA) is 75.6 Å². The first-order valence-electron chi connectivity index (χ1n) is 9.48. The Balaban J connectivity index is 1.81. The Labute approximate surface area is 156 Å². The summed E-state index contributed by atoms with van der Waals surface area (Å²) in [7, 11) is 0. The monoisotopic (exact) mass is 361 g/mol. The number of nitrogens with one attached hydrogen (secondary N) is 1. The number of ether oxygens (including phenoxy) is 1. The van der Waals surface area contributed by atoms with Crippen LogP contribution < -0.4 is 5.32 Å². The van der Waals surface area contributed by atoms with Crippen molar-refractivity contribution in [3.05, 3.63) is 35.9 Å². The Hall–Kier alpha value is -1.88. The highest BCUT2D eigenvalue weighted by Gasteiger charge is 2.30. The van der Waals surface area contributed by atoms with Gasteiger partial charge in [0.25, 0.3) is 0 Å². The van der Waals surface area contributed by atoms with Crippen molar-refractivity contribution in [1.29, 1.82) is 0 Å². The van der Waals surface area contributed by atoms with Crippen LogP contribution in [0, 0.1) is 5.92 Å². The number of benzene rings is 1. The molecule has 1 aliphatic carbocycles. The van der Waals surface area contributed by atoms with Crippen LogP contribution in [0.3, 0.4) is 0 Å². The van der Waals surface area contributed by atoms with Gasteiger partial charge in [0.1, 0.15) is 6.04 Å². The summed E-state index contributed by atoms with van der Waals surface area (Å²) in [6.45, 7) is 6.08. The van der Waals surface area contributed by atoms with Gasteiger partial charge in [-0.3, -0.25) is 4.79 Å². The highest BCUT2D eigenvalue weighted by atomic mass is 16.5. The number of carbonyl (C=O) groups excluding carboxylic acids is 1. The summed E-state index contributed by atoms with van der Waals surface area (Å²) in [5.74, 6) is -0.746. The zero-order valence-electron chi connectivity index (χ0n) is 16.0. The molecule has 1 aromatic carbocycles. The molecule has 1 aromatic rings. The van der Waals surface area contributed by atoms with Crippen LogP contribution in [-0.4, -0.2) is 35.2 Å². The van der Waals surface area contributed by atoms with E-state index >= 15 is 0 Å². The molecule has 0 heterocycles. The van der Waals surface area contributed by atoms with Crippen molar-refractivity contribution in [3.63, 3.8) is 0 Å². The molecule has 2 rings (SSSR count). The molecule has 0 aliphatic heterocycles. The minimum atomic E-state index is -1.01. The molecule has 0 radical (unpaired) electrons. The lowest BCUT2D eigenvalue weighted by molar-refractivity contribution is -0.143. The molecule has 5 heteroatoms. The van der Waals surface area contributed by atoms with Crippen LogP contribution in [0.25, 0.3) is 0 Å². The summed E-state index contributed by atoms with van der Waals surface area (Å²) in [4.78, 5) is 23.9. The number of carboxylic acid groups (broad SMARTS) is 1. The number of hydrogen-bond donors (Lipinski definition) is 2. The van der Waals surface area contributed by atoms with Crippen molar-refractivity contribution in [3.8, 4) is 0 Å². The molecule has 26 heavy (non-hydrogen) atoms. The molecule has 0 spiro atoms. The van der Waals surface area contributed by atoms with Crippen LogP contribution in [0.15, 0.2) is 30.3 Å². The van der Waals surface area contributed by atoms with E-state index in [4.69, 9.17) is 4.74 Å². The van der Waals surface area contributed by atoms with Gasteiger partial charge in [0.15, 0.2) is 0 Å². The van der Waals surface area contributed by atoms with Crippen molar-refractivity contribution in [1.82, 2.24) is 5.32 Å². The van der Waals surface area contributed by atoms with E-state index in [1.807, 2.05) is 39.0 Å². The molecular formula is C21H31NO4.